The highest BCUT2D eigenvalue weighted by Gasteiger charge is 2.09. The van der Waals surface area contributed by atoms with Gasteiger partial charge in [-0.25, -0.2) is 0 Å². The van der Waals surface area contributed by atoms with E-state index in [1.165, 1.54) is 0 Å². The molecule has 1 aromatic heterocycles. The Kier molecular flexibility index (Phi) is 2.63. The SMILES string of the molecule is CCc1nn(CC)cc1C(C)=O. The molecule has 3 nitrogen and oxygen atoms in total. The van der Waals surface area contributed by atoms with Gasteiger partial charge in [-0.15, -0.1) is 0 Å². The summed E-state index contributed by atoms with van der Waals surface area (Å²) >= 11 is 0. The van der Waals surface area contributed by atoms with E-state index < -0.39 is 0 Å². The van der Waals surface area contributed by atoms with Crippen LogP contribution in [0.5, 0.6) is 0 Å². The van der Waals surface area contributed by atoms with Crippen molar-refractivity contribution >= 4 is 5.78 Å². The third-order valence-corrected chi connectivity index (χ3v) is 1.88. The fourth-order valence-electron chi connectivity index (χ4n) is 1.18. The number of carbonyl (C=O) groups excluding carboxylic acids is 1. The van der Waals surface area contributed by atoms with Gasteiger partial charge in [-0.2, -0.15) is 5.10 Å². The van der Waals surface area contributed by atoms with Gasteiger partial charge in [0.05, 0.1) is 11.3 Å². The largest absolute Gasteiger partial charge is 0.294 e. The molecular weight excluding hydrogens is 152 g/mol. The van der Waals surface area contributed by atoms with Crippen LogP contribution >= 0.6 is 0 Å². The lowest BCUT2D eigenvalue weighted by atomic mass is 10.1. The quantitative estimate of drug-likeness (QED) is 0.640. The van der Waals surface area contributed by atoms with E-state index in [0.717, 1.165) is 24.2 Å². The lowest BCUT2D eigenvalue weighted by molar-refractivity contribution is 0.101. The van der Waals surface area contributed by atoms with E-state index in [1.807, 2.05) is 20.0 Å². The molecule has 0 amide bonds. The molecule has 0 atom stereocenters. The van der Waals surface area contributed by atoms with Gasteiger partial charge in [-0.3, -0.25) is 9.48 Å². The van der Waals surface area contributed by atoms with Crippen molar-refractivity contribution < 1.29 is 4.79 Å². The first-order valence-electron chi connectivity index (χ1n) is 4.26. The van der Waals surface area contributed by atoms with E-state index >= 15 is 0 Å². The van der Waals surface area contributed by atoms with Crippen molar-refractivity contribution in [2.24, 2.45) is 0 Å². The van der Waals surface area contributed by atoms with Crippen LogP contribution in [-0.4, -0.2) is 15.6 Å². The molecule has 0 saturated carbocycles. The number of ketones is 1. The molecular formula is C9H14N2O. The minimum absolute atomic E-state index is 0.103. The van der Waals surface area contributed by atoms with Crippen LogP contribution in [0.2, 0.25) is 0 Å². The van der Waals surface area contributed by atoms with Crippen molar-refractivity contribution in [3.63, 3.8) is 0 Å². The van der Waals surface area contributed by atoms with Crippen LogP contribution in [0.15, 0.2) is 6.20 Å². The summed E-state index contributed by atoms with van der Waals surface area (Å²) in [6.07, 6.45) is 2.64. The molecule has 1 aromatic rings. The highest BCUT2D eigenvalue weighted by Crippen LogP contribution is 2.08. The Morgan fingerprint density at radius 2 is 2.25 bits per heavy atom. The van der Waals surface area contributed by atoms with Crippen LogP contribution in [0.1, 0.15) is 36.8 Å². The predicted molar refractivity (Wildman–Crippen MR) is 47.3 cm³/mol. The molecule has 0 N–H and O–H groups in total. The van der Waals surface area contributed by atoms with Gasteiger partial charge in [-0.1, -0.05) is 6.92 Å². The number of carbonyl (C=O) groups is 1. The minimum Gasteiger partial charge on any atom is -0.294 e. The lowest BCUT2D eigenvalue weighted by Gasteiger charge is -1.91. The Bertz CT molecular complexity index is 289. The number of Topliss-reactive ketones (excluding diaryl/α,β-unsaturated/α-hetero) is 1. The fraction of sp³-hybridized carbons (Fsp3) is 0.556. The first-order chi connectivity index (χ1) is 5.69. The molecule has 0 aliphatic heterocycles. The molecule has 12 heavy (non-hydrogen) atoms. The molecule has 3 heteroatoms. The Hall–Kier alpha value is -1.12. The highest BCUT2D eigenvalue weighted by molar-refractivity contribution is 5.94. The summed E-state index contributed by atoms with van der Waals surface area (Å²) in [4.78, 5) is 11.1. The van der Waals surface area contributed by atoms with Gasteiger partial charge in [0.2, 0.25) is 0 Å². The second-order valence-corrected chi connectivity index (χ2v) is 2.75. The molecule has 0 unspecified atom stereocenters. The van der Waals surface area contributed by atoms with Crippen LogP contribution in [0, 0.1) is 0 Å². The number of rotatable bonds is 3. The third-order valence-electron chi connectivity index (χ3n) is 1.88. The second-order valence-electron chi connectivity index (χ2n) is 2.75. The summed E-state index contributed by atoms with van der Waals surface area (Å²) < 4.78 is 1.80. The van der Waals surface area contributed by atoms with E-state index in [-0.39, 0.29) is 5.78 Å². The van der Waals surface area contributed by atoms with Crippen molar-refractivity contribution in [2.45, 2.75) is 33.7 Å². The Labute approximate surface area is 72.4 Å². The summed E-state index contributed by atoms with van der Waals surface area (Å²) in [5, 5.41) is 4.26. The lowest BCUT2D eigenvalue weighted by Crippen LogP contribution is -1.95. The van der Waals surface area contributed by atoms with Crippen molar-refractivity contribution in [3.05, 3.63) is 17.5 Å². The molecule has 0 aromatic carbocycles. The molecule has 1 heterocycles. The molecule has 0 saturated heterocycles. The summed E-state index contributed by atoms with van der Waals surface area (Å²) in [6.45, 7) is 6.42. The topological polar surface area (TPSA) is 34.9 Å². The molecule has 66 valence electrons. The van der Waals surface area contributed by atoms with Gasteiger partial charge in [-0.05, 0) is 20.3 Å². The third kappa shape index (κ3) is 1.55. The van der Waals surface area contributed by atoms with Crippen LogP contribution in [0.4, 0.5) is 0 Å². The van der Waals surface area contributed by atoms with Gasteiger partial charge in [0, 0.05) is 12.7 Å². The van der Waals surface area contributed by atoms with Crippen LogP contribution < -0.4 is 0 Å². The zero-order valence-electron chi connectivity index (χ0n) is 7.79. The van der Waals surface area contributed by atoms with Crippen LogP contribution in [0.3, 0.4) is 0 Å². The molecule has 0 radical (unpaired) electrons. The van der Waals surface area contributed by atoms with E-state index in [4.69, 9.17) is 0 Å². The monoisotopic (exact) mass is 166 g/mol. The van der Waals surface area contributed by atoms with E-state index in [0.29, 0.717) is 0 Å². The summed E-state index contributed by atoms with van der Waals surface area (Å²) in [6, 6.07) is 0. The van der Waals surface area contributed by atoms with Crippen molar-refractivity contribution in [1.82, 2.24) is 9.78 Å². The van der Waals surface area contributed by atoms with Gasteiger partial charge in [0.25, 0.3) is 0 Å². The Morgan fingerprint density at radius 3 is 2.58 bits per heavy atom. The predicted octanol–water partition coefficient (Wildman–Crippen LogP) is 1.67. The molecule has 0 fully saturated rings. The first kappa shape index (κ1) is 8.97. The van der Waals surface area contributed by atoms with E-state index in [9.17, 15) is 4.79 Å². The normalized spacial score (nSPS) is 10.2. The number of aromatic nitrogens is 2. The number of nitrogens with zero attached hydrogens (tertiary/aromatic N) is 2. The van der Waals surface area contributed by atoms with Crippen molar-refractivity contribution in [1.29, 1.82) is 0 Å². The zero-order valence-corrected chi connectivity index (χ0v) is 7.79. The highest BCUT2D eigenvalue weighted by atomic mass is 16.1. The summed E-state index contributed by atoms with van der Waals surface area (Å²) in [5.41, 5.74) is 1.67. The fourth-order valence-corrected chi connectivity index (χ4v) is 1.18. The van der Waals surface area contributed by atoms with Crippen molar-refractivity contribution in [2.75, 3.05) is 0 Å². The van der Waals surface area contributed by atoms with E-state index in [2.05, 4.69) is 5.10 Å². The molecule has 0 spiro atoms. The van der Waals surface area contributed by atoms with Gasteiger partial charge >= 0.3 is 0 Å². The molecule has 0 aliphatic rings. The van der Waals surface area contributed by atoms with Crippen molar-refractivity contribution in [3.8, 4) is 0 Å². The maximum absolute atomic E-state index is 11.1. The maximum atomic E-state index is 11.1. The molecule has 1 rings (SSSR count). The van der Waals surface area contributed by atoms with Gasteiger partial charge in [0.1, 0.15) is 0 Å². The van der Waals surface area contributed by atoms with Crippen LogP contribution in [-0.2, 0) is 13.0 Å². The maximum Gasteiger partial charge on any atom is 0.163 e. The van der Waals surface area contributed by atoms with E-state index in [1.54, 1.807) is 11.6 Å². The second kappa shape index (κ2) is 3.52. The van der Waals surface area contributed by atoms with Crippen LogP contribution in [0.25, 0.3) is 0 Å². The number of aryl methyl sites for hydroxylation is 2. The van der Waals surface area contributed by atoms with Gasteiger partial charge < -0.3 is 0 Å². The number of hydrogen-bond acceptors (Lipinski definition) is 2. The first-order valence-corrected chi connectivity index (χ1v) is 4.26. The average molecular weight is 166 g/mol. The average Bonchev–Trinajstić information content (AvgIpc) is 2.47. The number of hydrogen-bond donors (Lipinski definition) is 0. The van der Waals surface area contributed by atoms with Gasteiger partial charge in [0.15, 0.2) is 5.78 Å². The Balaban J connectivity index is 3.08. The zero-order chi connectivity index (χ0) is 9.14. The summed E-state index contributed by atoms with van der Waals surface area (Å²) in [7, 11) is 0. The Morgan fingerprint density at radius 1 is 1.58 bits per heavy atom. The minimum atomic E-state index is 0.103. The standard InChI is InChI=1S/C9H14N2O/c1-4-9-8(7(3)12)6-11(5-2)10-9/h6H,4-5H2,1-3H3. The molecule has 0 aliphatic carbocycles. The smallest absolute Gasteiger partial charge is 0.163 e. The molecule has 0 bridgehead atoms. The summed E-state index contributed by atoms with van der Waals surface area (Å²) in [5.74, 6) is 0.103.